The number of allylic oxidation sites excluding steroid dienone is 4. The van der Waals surface area contributed by atoms with Crippen molar-refractivity contribution in [3.8, 4) is 0 Å². The van der Waals surface area contributed by atoms with Gasteiger partial charge in [-0.2, -0.15) is 0 Å². The van der Waals surface area contributed by atoms with Crippen LogP contribution in [0.2, 0.25) is 0 Å². The predicted octanol–water partition coefficient (Wildman–Crippen LogP) is 3.52. The molecule has 0 bridgehead atoms. The molecule has 102 valence electrons. The molecule has 0 spiro atoms. The van der Waals surface area contributed by atoms with Crippen LogP contribution < -0.4 is 0 Å². The Morgan fingerprint density at radius 2 is 1.89 bits per heavy atom. The molecule has 1 amide bonds. The van der Waals surface area contributed by atoms with Crippen LogP contribution in [0.1, 0.15) is 40.5 Å². The first-order chi connectivity index (χ1) is 8.57. The molecule has 3 heteroatoms. The maximum absolute atomic E-state index is 11.9. The fraction of sp³-hybridized carbons (Fsp3) is 0.533. The lowest BCUT2D eigenvalue weighted by Crippen LogP contribution is -2.36. The van der Waals surface area contributed by atoms with E-state index >= 15 is 0 Å². The van der Waals surface area contributed by atoms with E-state index in [-0.39, 0.29) is 5.91 Å². The van der Waals surface area contributed by atoms with E-state index in [1.807, 2.05) is 51.1 Å². The molecular weight excluding hydrogens is 224 g/mol. The van der Waals surface area contributed by atoms with Gasteiger partial charge >= 0.3 is 0 Å². The van der Waals surface area contributed by atoms with Gasteiger partial charge in [0.05, 0.1) is 0 Å². The molecule has 0 aromatic rings. The Bertz CT molecular complexity index is 354. The van der Waals surface area contributed by atoms with E-state index in [0.717, 1.165) is 24.2 Å². The van der Waals surface area contributed by atoms with Crippen LogP contribution in [0.15, 0.2) is 35.8 Å². The second-order valence-electron chi connectivity index (χ2n) is 4.01. The maximum Gasteiger partial charge on any atom is 0.274 e. The lowest BCUT2D eigenvalue weighted by Gasteiger charge is -2.30. The SMILES string of the molecule is CC.CCC/C=C\C=C1\C(=O)N(C)C=C(C)N1C. The molecule has 1 heterocycles. The van der Waals surface area contributed by atoms with E-state index in [4.69, 9.17) is 0 Å². The average Bonchev–Trinajstić information content (AvgIpc) is 2.38. The van der Waals surface area contributed by atoms with Gasteiger partial charge in [-0.3, -0.25) is 4.79 Å². The van der Waals surface area contributed by atoms with Gasteiger partial charge in [-0.25, -0.2) is 0 Å². The normalized spacial score (nSPS) is 18.0. The van der Waals surface area contributed by atoms with Crippen LogP contribution in [0.5, 0.6) is 0 Å². The van der Waals surface area contributed by atoms with Crippen LogP contribution in [-0.4, -0.2) is 29.8 Å². The highest BCUT2D eigenvalue weighted by molar-refractivity contribution is 5.94. The van der Waals surface area contributed by atoms with E-state index in [1.165, 1.54) is 0 Å². The predicted molar refractivity (Wildman–Crippen MR) is 77.8 cm³/mol. The molecule has 0 saturated carbocycles. The monoisotopic (exact) mass is 250 g/mol. The molecule has 3 nitrogen and oxygen atoms in total. The Morgan fingerprint density at radius 3 is 2.44 bits per heavy atom. The molecule has 0 saturated heterocycles. The molecule has 0 aliphatic carbocycles. The highest BCUT2D eigenvalue weighted by Crippen LogP contribution is 2.18. The first kappa shape index (κ1) is 16.5. The first-order valence-corrected chi connectivity index (χ1v) is 6.64. The molecule has 1 aliphatic heterocycles. The number of carbonyl (C=O) groups excluding carboxylic acids is 1. The van der Waals surface area contributed by atoms with Crippen LogP contribution in [0.3, 0.4) is 0 Å². The van der Waals surface area contributed by atoms with Crippen molar-refractivity contribution < 1.29 is 4.79 Å². The van der Waals surface area contributed by atoms with Crippen molar-refractivity contribution in [2.45, 2.75) is 40.5 Å². The smallest absolute Gasteiger partial charge is 0.274 e. The van der Waals surface area contributed by atoms with Gasteiger partial charge in [-0.1, -0.05) is 39.3 Å². The lowest BCUT2D eigenvalue weighted by atomic mass is 10.2. The quantitative estimate of drug-likeness (QED) is 0.716. The molecule has 0 fully saturated rings. The van der Waals surface area contributed by atoms with Crippen molar-refractivity contribution in [3.05, 3.63) is 35.8 Å². The summed E-state index contributed by atoms with van der Waals surface area (Å²) in [6.45, 7) is 8.13. The number of hydrogen-bond acceptors (Lipinski definition) is 2. The summed E-state index contributed by atoms with van der Waals surface area (Å²) in [5.41, 5.74) is 1.78. The molecule has 0 aromatic heterocycles. The van der Waals surface area contributed by atoms with Crippen LogP contribution in [0.4, 0.5) is 0 Å². The standard InChI is InChI=1S/C13H20N2O.C2H6/c1-5-6-7-8-9-12-13(16)14(3)10-11(2)15(12)4;1-2/h7-10H,5-6H2,1-4H3;1-2H3/b8-7-,12-9-;. The van der Waals surface area contributed by atoms with Crippen LogP contribution in [0.25, 0.3) is 0 Å². The van der Waals surface area contributed by atoms with E-state index in [0.29, 0.717) is 0 Å². The fourth-order valence-corrected chi connectivity index (χ4v) is 1.54. The van der Waals surface area contributed by atoms with Crippen LogP contribution in [-0.2, 0) is 4.79 Å². The minimum Gasteiger partial charge on any atom is -0.343 e. The molecular formula is C15H26N2O. The third-order valence-electron chi connectivity index (χ3n) is 2.66. The molecule has 1 aliphatic rings. The van der Waals surface area contributed by atoms with E-state index in [9.17, 15) is 4.79 Å². The number of likely N-dealkylation sites (N-methyl/N-ethyl adjacent to an activating group) is 2. The van der Waals surface area contributed by atoms with Gasteiger partial charge in [0.2, 0.25) is 0 Å². The highest BCUT2D eigenvalue weighted by atomic mass is 16.2. The molecule has 0 radical (unpaired) electrons. The Labute approximate surface area is 111 Å². The highest BCUT2D eigenvalue weighted by Gasteiger charge is 2.22. The van der Waals surface area contributed by atoms with E-state index in [2.05, 4.69) is 13.0 Å². The van der Waals surface area contributed by atoms with Crippen LogP contribution in [0, 0.1) is 0 Å². The van der Waals surface area contributed by atoms with Gasteiger partial charge in [-0.15, -0.1) is 0 Å². The lowest BCUT2D eigenvalue weighted by molar-refractivity contribution is -0.125. The summed E-state index contributed by atoms with van der Waals surface area (Å²) >= 11 is 0. The summed E-state index contributed by atoms with van der Waals surface area (Å²) in [5.74, 6) is 0.0363. The Kier molecular flexibility index (Phi) is 7.84. The molecule has 0 aromatic carbocycles. The number of hydrogen-bond donors (Lipinski definition) is 0. The molecule has 18 heavy (non-hydrogen) atoms. The van der Waals surface area contributed by atoms with Crippen molar-refractivity contribution in [1.29, 1.82) is 0 Å². The fourth-order valence-electron chi connectivity index (χ4n) is 1.54. The Morgan fingerprint density at radius 1 is 1.28 bits per heavy atom. The first-order valence-electron chi connectivity index (χ1n) is 6.64. The zero-order chi connectivity index (χ0) is 14.1. The summed E-state index contributed by atoms with van der Waals surface area (Å²) in [6, 6.07) is 0. The zero-order valence-electron chi connectivity index (χ0n) is 12.5. The summed E-state index contributed by atoms with van der Waals surface area (Å²) in [5, 5.41) is 0. The van der Waals surface area contributed by atoms with Gasteiger partial charge in [-0.05, 0) is 19.4 Å². The second-order valence-corrected chi connectivity index (χ2v) is 4.01. The third kappa shape index (κ3) is 4.40. The van der Waals surface area contributed by atoms with Crippen molar-refractivity contribution >= 4 is 5.91 Å². The van der Waals surface area contributed by atoms with Gasteiger partial charge in [0, 0.05) is 26.0 Å². The number of rotatable bonds is 3. The molecule has 0 atom stereocenters. The van der Waals surface area contributed by atoms with Crippen molar-refractivity contribution in [3.63, 3.8) is 0 Å². The van der Waals surface area contributed by atoms with Crippen molar-refractivity contribution in [2.75, 3.05) is 14.1 Å². The summed E-state index contributed by atoms with van der Waals surface area (Å²) in [6.07, 6.45) is 9.94. The number of amides is 1. The molecule has 0 unspecified atom stereocenters. The number of carbonyl (C=O) groups is 1. The molecule has 0 N–H and O–H groups in total. The van der Waals surface area contributed by atoms with E-state index in [1.54, 1.807) is 11.9 Å². The van der Waals surface area contributed by atoms with Gasteiger partial charge in [0.15, 0.2) is 0 Å². The van der Waals surface area contributed by atoms with Gasteiger partial charge in [0.1, 0.15) is 5.70 Å². The minimum atomic E-state index is 0.0363. The minimum absolute atomic E-state index is 0.0363. The summed E-state index contributed by atoms with van der Waals surface area (Å²) < 4.78 is 0. The second kappa shape index (κ2) is 8.56. The van der Waals surface area contributed by atoms with Crippen LogP contribution >= 0.6 is 0 Å². The van der Waals surface area contributed by atoms with Crippen molar-refractivity contribution in [1.82, 2.24) is 9.80 Å². The van der Waals surface area contributed by atoms with Gasteiger partial charge in [0.25, 0.3) is 5.91 Å². The van der Waals surface area contributed by atoms with E-state index < -0.39 is 0 Å². The Hall–Kier alpha value is -1.51. The molecule has 1 rings (SSSR count). The number of unbranched alkanes of at least 4 members (excludes halogenated alkanes) is 1. The van der Waals surface area contributed by atoms with Gasteiger partial charge < -0.3 is 9.80 Å². The third-order valence-corrected chi connectivity index (χ3v) is 2.66. The summed E-state index contributed by atoms with van der Waals surface area (Å²) in [4.78, 5) is 15.4. The average molecular weight is 250 g/mol. The summed E-state index contributed by atoms with van der Waals surface area (Å²) in [7, 11) is 3.69. The van der Waals surface area contributed by atoms with Crippen molar-refractivity contribution in [2.24, 2.45) is 0 Å². The number of nitrogens with zero attached hydrogens (tertiary/aromatic N) is 2. The topological polar surface area (TPSA) is 23.6 Å². The maximum atomic E-state index is 11.9. The largest absolute Gasteiger partial charge is 0.343 e. The Balaban J connectivity index is 0.00000137. The zero-order valence-corrected chi connectivity index (χ0v) is 12.5.